The first-order chi connectivity index (χ1) is 20.5. The van der Waals surface area contributed by atoms with Crippen LogP contribution < -0.4 is 10.1 Å². The number of carbonyl (C=O) groups excluding carboxylic acids is 3. The van der Waals surface area contributed by atoms with Crippen molar-refractivity contribution in [3.05, 3.63) is 66.1 Å². The van der Waals surface area contributed by atoms with Gasteiger partial charge >= 0.3 is 6.09 Å². The number of nitrogens with zero attached hydrogens (tertiary/aromatic N) is 2. The number of nitrogens with one attached hydrogen (secondary N) is 1. The average molecular weight is 592 g/mol. The Labute approximate surface area is 252 Å². The Morgan fingerprint density at radius 3 is 2.44 bits per heavy atom. The van der Waals surface area contributed by atoms with Crippen molar-refractivity contribution in [1.82, 2.24) is 14.8 Å². The molecule has 2 aliphatic rings. The molecule has 0 unspecified atom stereocenters. The lowest BCUT2D eigenvalue weighted by molar-refractivity contribution is -0.136. The van der Waals surface area contributed by atoms with Gasteiger partial charge in [0.05, 0.1) is 12.6 Å². The first-order valence-corrected chi connectivity index (χ1v) is 15.3. The van der Waals surface area contributed by atoms with E-state index in [1.165, 1.54) is 19.1 Å². The van der Waals surface area contributed by atoms with Crippen LogP contribution in [0.3, 0.4) is 0 Å². The average Bonchev–Trinajstić information content (AvgIpc) is 3.52. The molecule has 5 rings (SSSR count). The number of halogens is 1. The molecule has 1 saturated heterocycles. The van der Waals surface area contributed by atoms with Crippen LogP contribution in [-0.4, -0.2) is 57.6 Å². The van der Waals surface area contributed by atoms with Crippen LogP contribution in [0, 0.1) is 11.7 Å². The summed E-state index contributed by atoms with van der Waals surface area (Å²) in [6, 6.07) is 12.9. The fourth-order valence-electron chi connectivity index (χ4n) is 6.48. The minimum Gasteiger partial charge on any atom is -0.489 e. The van der Waals surface area contributed by atoms with E-state index in [1.807, 2.05) is 39.8 Å². The Kier molecular flexibility index (Phi) is 9.08. The highest BCUT2D eigenvalue weighted by molar-refractivity contribution is 6.07. The summed E-state index contributed by atoms with van der Waals surface area (Å²) in [6.07, 6.45) is 6.27. The Balaban J connectivity index is 1.46. The van der Waals surface area contributed by atoms with E-state index in [-0.39, 0.29) is 29.8 Å². The Morgan fingerprint density at radius 2 is 1.77 bits per heavy atom. The normalized spacial score (nSPS) is 20.2. The highest BCUT2D eigenvalue weighted by Gasteiger charge is 2.42. The summed E-state index contributed by atoms with van der Waals surface area (Å²) in [5.74, 6) is -0.000329. The summed E-state index contributed by atoms with van der Waals surface area (Å²) < 4.78 is 28.0. The van der Waals surface area contributed by atoms with Gasteiger partial charge in [0, 0.05) is 35.6 Å². The number of para-hydroxylation sites is 1. The van der Waals surface area contributed by atoms with Gasteiger partial charge in [-0.25, -0.2) is 9.18 Å². The zero-order valence-corrected chi connectivity index (χ0v) is 25.5. The highest BCUT2D eigenvalue weighted by atomic mass is 19.1. The van der Waals surface area contributed by atoms with Gasteiger partial charge < -0.3 is 24.3 Å². The molecule has 43 heavy (non-hydrogen) atoms. The van der Waals surface area contributed by atoms with Gasteiger partial charge in [-0.15, -0.1) is 0 Å². The van der Waals surface area contributed by atoms with Gasteiger partial charge in [-0.05, 0) is 76.8 Å². The molecular formula is C34H42FN3O5. The predicted molar refractivity (Wildman–Crippen MR) is 163 cm³/mol. The molecule has 1 N–H and O–H groups in total. The van der Waals surface area contributed by atoms with Crippen molar-refractivity contribution in [3.63, 3.8) is 0 Å². The van der Waals surface area contributed by atoms with Crippen LogP contribution in [-0.2, 0) is 16.1 Å². The molecule has 2 fully saturated rings. The SMILES string of the molecule is CC(=O)c1cn(C[C@@H]2C[C@H](Oc3ccccc3)CN2C(=O)[C@@H](NC(=O)OC(C)(C)C)C2CCCCC2)c2ccc(F)cc12. The number of hydrogen-bond donors (Lipinski definition) is 1. The molecule has 1 saturated carbocycles. The molecule has 2 amide bonds. The smallest absolute Gasteiger partial charge is 0.408 e. The molecular weight excluding hydrogens is 549 g/mol. The quantitative estimate of drug-likeness (QED) is 0.302. The number of fused-ring (bicyclic) bond motifs is 1. The standard InChI is InChI=1S/C34H42FN3O5/c1-22(39)29-21-37(30-16-15-24(35)17-28(29)30)19-25-18-27(42-26-13-9-6-10-14-26)20-38(25)32(40)31(23-11-7-5-8-12-23)36-33(41)43-34(2,3)4/h6,9-10,13-17,21,23,25,27,31H,5,7-8,11-12,18-20H2,1-4H3,(H,36,41)/t25-,27-,31-/m0/s1. The second kappa shape index (κ2) is 12.8. The predicted octanol–water partition coefficient (Wildman–Crippen LogP) is 6.51. The van der Waals surface area contributed by atoms with Crippen molar-refractivity contribution in [2.24, 2.45) is 5.92 Å². The number of ketones is 1. The van der Waals surface area contributed by atoms with Gasteiger partial charge in [0.2, 0.25) is 5.91 Å². The van der Waals surface area contributed by atoms with Crippen molar-refractivity contribution in [2.45, 2.75) is 96.6 Å². The molecule has 1 aromatic heterocycles. The van der Waals surface area contributed by atoms with Crippen LogP contribution >= 0.6 is 0 Å². The molecule has 8 nitrogen and oxygen atoms in total. The molecule has 1 aliphatic heterocycles. The summed E-state index contributed by atoms with van der Waals surface area (Å²) in [4.78, 5) is 41.7. The Hall–Kier alpha value is -3.88. The van der Waals surface area contributed by atoms with E-state index in [4.69, 9.17) is 9.47 Å². The third-order valence-electron chi connectivity index (χ3n) is 8.39. The summed E-state index contributed by atoms with van der Waals surface area (Å²) in [6.45, 7) is 7.61. The van der Waals surface area contributed by atoms with Crippen molar-refractivity contribution in [2.75, 3.05) is 6.54 Å². The largest absolute Gasteiger partial charge is 0.489 e. The first-order valence-electron chi connectivity index (χ1n) is 15.3. The number of likely N-dealkylation sites (tertiary alicyclic amines) is 1. The van der Waals surface area contributed by atoms with E-state index in [1.54, 1.807) is 33.0 Å². The minimum absolute atomic E-state index is 0.00297. The van der Waals surface area contributed by atoms with Crippen LogP contribution in [0.4, 0.5) is 9.18 Å². The molecule has 0 radical (unpaired) electrons. The van der Waals surface area contributed by atoms with Crippen molar-refractivity contribution in [3.8, 4) is 5.75 Å². The lowest BCUT2D eigenvalue weighted by Gasteiger charge is -2.35. The second-order valence-electron chi connectivity index (χ2n) is 12.9. The summed E-state index contributed by atoms with van der Waals surface area (Å²) in [7, 11) is 0. The molecule has 9 heteroatoms. The summed E-state index contributed by atoms with van der Waals surface area (Å²) in [5, 5.41) is 3.49. The van der Waals surface area contributed by atoms with E-state index in [9.17, 15) is 18.8 Å². The van der Waals surface area contributed by atoms with Gasteiger partial charge in [0.25, 0.3) is 0 Å². The van der Waals surface area contributed by atoms with E-state index in [2.05, 4.69) is 5.32 Å². The van der Waals surface area contributed by atoms with E-state index >= 15 is 0 Å². The Bertz CT molecular complexity index is 1460. The zero-order valence-electron chi connectivity index (χ0n) is 25.5. The molecule has 230 valence electrons. The number of Topliss-reactive ketones (excluding diaryl/α,β-unsaturated/α-hetero) is 1. The van der Waals surface area contributed by atoms with E-state index < -0.39 is 23.6 Å². The molecule has 0 bridgehead atoms. The second-order valence-corrected chi connectivity index (χ2v) is 12.9. The number of ether oxygens (including phenoxy) is 2. The lowest BCUT2D eigenvalue weighted by Crippen LogP contribution is -2.55. The van der Waals surface area contributed by atoms with Crippen molar-refractivity contribution in [1.29, 1.82) is 0 Å². The van der Waals surface area contributed by atoms with Crippen LogP contribution in [0.25, 0.3) is 10.9 Å². The summed E-state index contributed by atoms with van der Waals surface area (Å²) in [5.41, 5.74) is 0.467. The number of amides is 2. The van der Waals surface area contributed by atoms with Crippen molar-refractivity contribution >= 4 is 28.7 Å². The minimum atomic E-state index is -0.726. The fourth-order valence-corrected chi connectivity index (χ4v) is 6.48. The first kappa shape index (κ1) is 30.6. The molecule has 2 aromatic carbocycles. The monoisotopic (exact) mass is 591 g/mol. The fraction of sp³-hybridized carbons (Fsp3) is 0.500. The van der Waals surface area contributed by atoms with Gasteiger partial charge in [-0.1, -0.05) is 37.5 Å². The Morgan fingerprint density at radius 1 is 1.05 bits per heavy atom. The van der Waals surface area contributed by atoms with E-state index in [0.29, 0.717) is 30.5 Å². The van der Waals surface area contributed by atoms with Gasteiger partial charge in [0.15, 0.2) is 5.78 Å². The number of hydrogen-bond acceptors (Lipinski definition) is 5. The third kappa shape index (κ3) is 7.37. The van der Waals surface area contributed by atoms with Crippen LogP contribution in [0.5, 0.6) is 5.75 Å². The number of aromatic nitrogens is 1. The number of benzene rings is 2. The van der Waals surface area contributed by atoms with Crippen LogP contribution in [0.15, 0.2) is 54.7 Å². The van der Waals surface area contributed by atoms with Gasteiger partial charge in [-0.2, -0.15) is 0 Å². The van der Waals surface area contributed by atoms with Crippen LogP contribution in [0.2, 0.25) is 0 Å². The topological polar surface area (TPSA) is 89.9 Å². The molecule has 2 heterocycles. The van der Waals surface area contributed by atoms with Gasteiger partial charge in [-0.3, -0.25) is 9.59 Å². The number of carbonyl (C=O) groups is 3. The maximum atomic E-state index is 14.5. The molecule has 3 atom stereocenters. The van der Waals surface area contributed by atoms with Crippen LogP contribution in [0.1, 0.15) is 76.6 Å². The molecule has 3 aromatic rings. The maximum Gasteiger partial charge on any atom is 0.408 e. The lowest BCUT2D eigenvalue weighted by atomic mass is 9.83. The molecule has 0 spiro atoms. The highest BCUT2D eigenvalue weighted by Crippen LogP contribution is 2.32. The number of alkyl carbamates (subject to hydrolysis) is 1. The zero-order chi connectivity index (χ0) is 30.7. The number of rotatable bonds is 8. The maximum absolute atomic E-state index is 14.5. The van der Waals surface area contributed by atoms with Crippen molar-refractivity contribution < 1.29 is 28.2 Å². The molecule has 1 aliphatic carbocycles. The van der Waals surface area contributed by atoms with E-state index in [0.717, 1.165) is 43.4 Å². The van der Waals surface area contributed by atoms with Gasteiger partial charge in [0.1, 0.15) is 29.3 Å². The third-order valence-corrected chi connectivity index (χ3v) is 8.39. The summed E-state index contributed by atoms with van der Waals surface area (Å²) >= 11 is 0.